The van der Waals surface area contributed by atoms with Crippen LogP contribution in [0.4, 0.5) is 0 Å². The number of guanidine groups is 1. The van der Waals surface area contributed by atoms with Crippen molar-refractivity contribution in [3.05, 3.63) is 66.1 Å². The van der Waals surface area contributed by atoms with E-state index in [4.69, 9.17) is 0 Å². The number of hydrogen-bond acceptors (Lipinski definition) is 3. The van der Waals surface area contributed by atoms with Crippen molar-refractivity contribution in [3.8, 4) is 0 Å². The maximum absolute atomic E-state index is 4.39. The maximum atomic E-state index is 4.39. The van der Waals surface area contributed by atoms with Gasteiger partial charge in [0.15, 0.2) is 17.4 Å². The summed E-state index contributed by atoms with van der Waals surface area (Å²) in [5.74, 6) is 1.66. The fourth-order valence-electron chi connectivity index (χ4n) is 4.06. The number of benzene rings is 1. The Hall–Kier alpha value is -2.89. The van der Waals surface area contributed by atoms with Crippen LogP contribution in [0.2, 0.25) is 0 Å². The van der Waals surface area contributed by atoms with Crippen LogP contribution in [0.5, 0.6) is 0 Å². The number of rotatable bonds is 5. The summed E-state index contributed by atoms with van der Waals surface area (Å²) in [5.41, 5.74) is 2.47. The predicted octanol–water partition coefficient (Wildman–Crippen LogP) is 2.91. The molecular weight excluding hydrogens is 336 g/mol. The Balaban J connectivity index is 1.41. The molecule has 0 bridgehead atoms. The maximum Gasteiger partial charge on any atom is 0.191 e. The number of fused-ring (bicyclic) bond motifs is 1. The van der Waals surface area contributed by atoms with Crippen molar-refractivity contribution in [1.82, 2.24) is 25.2 Å². The minimum absolute atomic E-state index is 0.195. The molecule has 2 heterocycles. The second-order valence-corrected chi connectivity index (χ2v) is 7.18. The number of pyridine rings is 1. The molecule has 1 fully saturated rings. The highest BCUT2D eigenvalue weighted by Gasteiger charge is 2.35. The van der Waals surface area contributed by atoms with E-state index in [-0.39, 0.29) is 5.41 Å². The third kappa shape index (κ3) is 3.65. The van der Waals surface area contributed by atoms with Gasteiger partial charge in [0, 0.05) is 25.2 Å². The van der Waals surface area contributed by atoms with Crippen LogP contribution in [-0.4, -0.2) is 34.2 Å². The van der Waals surface area contributed by atoms with Gasteiger partial charge in [-0.3, -0.25) is 9.39 Å². The van der Waals surface area contributed by atoms with E-state index in [0.29, 0.717) is 6.54 Å². The van der Waals surface area contributed by atoms with E-state index in [2.05, 4.69) is 56.2 Å². The summed E-state index contributed by atoms with van der Waals surface area (Å²) < 4.78 is 1.99. The summed E-state index contributed by atoms with van der Waals surface area (Å²) >= 11 is 0. The second kappa shape index (κ2) is 7.78. The molecule has 0 atom stereocenters. The van der Waals surface area contributed by atoms with Gasteiger partial charge in [0.2, 0.25) is 0 Å². The zero-order valence-electron chi connectivity index (χ0n) is 15.7. The average Bonchev–Trinajstić information content (AvgIpc) is 3.37. The smallest absolute Gasteiger partial charge is 0.191 e. The highest BCUT2D eigenvalue weighted by Crippen LogP contribution is 2.40. The van der Waals surface area contributed by atoms with Gasteiger partial charge >= 0.3 is 0 Å². The van der Waals surface area contributed by atoms with Crippen molar-refractivity contribution in [1.29, 1.82) is 0 Å². The third-order valence-electron chi connectivity index (χ3n) is 5.56. The quantitative estimate of drug-likeness (QED) is 0.541. The number of hydrogen-bond donors (Lipinski definition) is 2. The van der Waals surface area contributed by atoms with Crippen molar-refractivity contribution < 1.29 is 0 Å². The molecule has 0 spiro atoms. The topological polar surface area (TPSA) is 66.6 Å². The van der Waals surface area contributed by atoms with E-state index in [1.165, 1.54) is 31.2 Å². The van der Waals surface area contributed by atoms with Crippen LogP contribution in [0.25, 0.3) is 5.65 Å². The summed E-state index contributed by atoms with van der Waals surface area (Å²) in [7, 11) is 1.81. The summed E-state index contributed by atoms with van der Waals surface area (Å²) in [5, 5.41) is 15.4. The van der Waals surface area contributed by atoms with Gasteiger partial charge in [-0.2, -0.15) is 0 Å². The van der Waals surface area contributed by atoms with Gasteiger partial charge in [-0.1, -0.05) is 49.2 Å². The SMILES string of the molecule is CN=C(NCc1nnc2ccccn12)NCC1(c2ccccc2)CCCC1. The molecular formula is C21H26N6. The lowest BCUT2D eigenvalue weighted by Gasteiger charge is -2.30. The largest absolute Gasteiger partial charge is 0.356 e. The molecule has 4 rings (SSSR count). The van der Waals surface area contributed by atoms with Gasteiger partial charge in [-0.05, 0) is 30.5 Å². The van der Waals surface area contributed by atoms with Gasteiger partial charge in [0.25, 0.3) is 0 Å². The number of nitrogens with one attached hydrogen (secondary N) is 2. The molecule has 0 aliphatic heterocycles. The molecule has 6 nitrogen and oxygen atoms in total. The molecule has 0 unspecified atom stereocenters. The van der Waals surface area contributed by atoms with Crippen LogP contribution in [-0.2, 0) is 12.0 Å². The van der Waals surface area contributed by atoms with Gasteiger partial charge in [-0.15, -0.1) is 10.2 Å². The second-order valence-electron chi connectivity index (χ2n) is 7.18. The Labute approximate surface area is 159 Å². The molecule has 2 N–H and O–H groups in total. The van der Waals surface area contributed by atoms with Crippen molar-refractivity contribution in [2.24, 2.45) is 4.99 Å². The molecule has 0 radical (unpaired) electrons. The molecule has 0 saturated heterocycles. The first-order valence-electron chi connectivity index (χ1n) is 9.59. The fraction of sp³-hybridized carbons (Fsp3) is 0.381. The summed E-state index contributed by atoms with van der Waals surface area (Å²) in [4.78, 5) is 4.39. The zero-order valence-corrected chi connectivity index (χ0v) is 15.7. The van der Waals surface area contributed by atoms with Gasteiger partial charge in [0.05, 0.1) is 6.54 Å². The fourth-order valence-corrected chi connectivity index (χ4v) is 4.06. The molecule has 1 aliphatic rings. The molecule has 1 saturated carbocycles. The Kier molecular flexibility index (Phi) is 5.05. The Morgan fingerprint density at radius 2 is 1.81 bits per heavy atom. The summed E-state index contributed by atoms with van der Waals surface area (Å²) in [6.07, 6.45) is 6.99. The summed E-state index contributed by atoms with van der Waals surface area (Å²) in [6, 6.07) is 16.8. The highest BCUT2D eigenvalue weighted by atomic mass is 15.3. The van der Waals surface area contributed by atoms with Crippen LogP contribution in [0.3, 0.4) is 0 Å². The lowest BCUT2D eigenvalue weighted by molar-refractivity contribution is 0.431. The van der Waals surface area contributed by atoms with Crippen LogP contribution in [0.1, 0.15) is 37.1 Å². The zero-order chi connectivity index (χ0) is 18.5. The molecule has 6 heteroatoms. The summed E-state index contributed by atoms with van der Waals surface area (Å²) in [6.45, 7) is 1.46. The number of aromatic nitrogens is 3. The van der Waals surface area contributed by atoms with Crippen LogP contribution in [0.15, 0.2) is 59.7 Å². The van der Waals surface area contributed by atoms with Crippen molar-refractivity contribution in [2.75, 3.05) is 13.6 Å². The first-order chi connectivity index (χ1) is 13.3. The van der Waals surface area contributed by atoms with E-state index in [9.17, 15) is 0 Å². The predicted molar refractivity (Wildman–Crippen MR) is 108 cm³/mol. The van der Waals surface area contributed by atoms with Crippen molar-refractivity contribution >= 4 is 11.6 Å². The Morgan fingerprint density at radius 1 is 1.04 bits per heavy atom. The third-order valence-corrected chi connectivity index (χ3v) is 5.56. The van der Waals surface area contributed by atoms with Gasteiger partial charge in [-0.25, -0.2) is 0 Å². The molecule has 1 aromatic carbocycles. The van der Waals surface area contributed by atoms with E-state index < -0.39 is 0 Å². The van der Waals surface area contributed by atoms with E-state index in [1.54, 1.807) is 7.05 Å². The molecule has 140 valence electrons. The van der Waals surface area contributed by atoms with Crippen LogP contribution >= 0.6 is 0 Å². The normalized spacial score (nSPS) is 16.6. The minimum atomic E-state index is 0.195. The molecule has 3 aromatic rings. The van der Waals surface area contributed by atoms with Crippen LogP contribution in [0, 0.1) is 0 Å². The average molecular weight is 362 g/mol. The lowest BCUT2D eigenvalue weighted by atomic mass is 9.79. The van der Waals surface area contributed by atoms with E-state index in [1.807, 2.05) is 28.8 Å². The van der Waals surface area contributed by atoms with Gasteiger partial charge < -0.3 is 10.6 Å². The van der Waals surface area contributed by atoms with E-state index in [0.717, 1.165) is 24.0 Å². The van der Waals surface area contributed by atoms with E-state index >= 15 is 0 Å². The Bertz CT molecular complexity index is 909. The van der Waals surface area contributed by atoms with Crippen molar-refractivity contribution in [2.45, 2.75) is 37.6 Å². The Morgan fingerprint density at radius 3 is 2.59 bits per heavy atom. The monoisotopic (exact) mass is 362 g/mol. The standard InChI is InChI=1S/C21H26N6/c1-22-20(23-15-19-26-25-18-11-5-8-14-27(18)19)24-16-21(12-6-7-13-21)17-9-3-2-4-10-17/h2-5,8-11,14H,6-7,12-13,15-16H2,1H3,(H2,22,23,24). The molecule has 0 amide bonds. The van der Waals surface area contributed by atoms with Crippen molar-refractivity contribution in [3.63, 3.8) is 0 Å². The molecule has 1 aliphatic carbocycles. The first-order valence-corrected chi connectivity index (χ1v) is 9.59. The minimum Gasteiger partial charge on any atom is -0.356 e. The molecule has 2 aromatic heterocycles. The first kappa shape index (κ1) is 17.5. The van der Waals surface area contributed by atoms with Gasteiger partial charge in [0.1, 0.15) is 0 Å². The number of aliphatic imine (C=N–C) groups is 1. The van der Waals surface area contributed by atoms with Crippen LogP contribution < -0.4 is 10.6 Å². The molecule has 27 heavy (non-hydrogen) atoms. The number of nitrogens with zero attached hydrogens (tertiary/aromatic N) is 4. The lowest BCUT2D eigenvalue weighted by Crippen LogP contribution is -2.44. The highest BCUT2D eigenvalue weighted by molar-refractivity contribution is 5.79.